The van der Waals surface area contributed by atoms with Crippen LogP contribution in [0.1, 0.15) is 19.4 Å². The van der Waals surface area contributed by atoms with Crippen LogP contribution in [0.5, 0.6) is 0 Å². The minimum Gasteiger partial charge on any atom is -0.382 e. The van der Waals surface area contributed by atoms with E-state index in [0.29, 0.717) is 5.56 Å². The Balaban J connectivity index is 0.00000121. The normalized spacial score (nSPS) is 13.2. The van der Waals surface area contributed by atoms with Crippen molar-refractivity contribution in [2.45, 2.75) is 32.4 Å². The Hall–Kier alpha value is -1.46. The number of primary amides is 1. The number of halogens is 1. The van der Waals surface area contributed by atoms with Crippen LogP contribution in [0.15, 0.2) is 24.3 Å². The second-order valence-corrected chi connectivity index (χ2v) is 3.35. The monoisotopic (exact) mass is 242 g/mol. The second-order valence-electron chi connectivity index (χ2n) is 3.35. The van der Waals surface area contributed by atoms with E-state index >= 15 is 0 Å². The largest absolute Gasteiger partial charge is 0.382 e. The lowest BCUT2D eigenvalue weighted by molar-refractivity contribution is -0.126. The highest BCUT2D eigenvalue weighted by molar-refractivity contribution is 5.79. The smallest absolute Gasteiger partial charge is 0.247 e. The second kappa shape index (κ2) is 7.76. The van der Waals surface area contributed by atoms with Crippen LogP contribution in [0.25, 0.3) is 0 Å². The van der Waals surface area contributed by atoms with Crippen molar-refractivity contribution in [1.29, 1.82) is 0 Å². The first-order valence-corrected chi connectivity index (χ1v) is 5.48. The van der Waals surface area contributed by atoms with Crippen LogP contribution in [0.4, 0.5) is 4.39 Å². The van der Waals surface area contributed by atoms with E-state index < -0.39 is 18.1 Å². The zero-order valence-corrected chi connectivity index (χ0v) is 10.1. The zero-order valence-electron chi connectivity index (χ0n) is 10.1. The molecule has 96 valence electrons. The maximum Gasteiger partial charge on any atom is 0.247 e. The summed E-state index contributed by atoms with van der Waals surface area (Å²) >= 11 is 0. The molecular weight excluding hydrogens is 223 g/mol. The quantitative estimate of drug-likeness (QED) is 0.721. The van der Waals surface area contributed by atoms with E-state index in [9.17, 15) is 14.3 Å². The summed E-state index contributed by atoms with van der Waals surface area (Å²) in [5, 5.41) is 9.23. The van der Waals surface area contributed by atoms with Crippen LogP contribution in [0, 0.1) is 5.82 Å². The fourth-order valence-electron chi connectivity index (χ4n) is 1.26. The van der Waals surface area contributed by atoms with Crippen molar-refractivity contribution in [1.82, 2.24) is 0 Å². The molecular formula is C12H19FN2O2. The van der Waals surface area contributed by atoms with E-state index in [1.165, 1.54) is 18.2 Å². The number of aliphatic hydroxyl groups is 1. The minimum atomic E-state index is -1.41. The lowest BCUT2D eigenvalue weighted by atomic mass is 10.0. The van der Waals surface area contributed by atoms with Gasteiger partial charge in [0.2, 0.25) is 5.91 Å². The molecule has 1 rings (SSSR count). The summed E-state index contributed by atoms with van der Waals surface area (Å²) in [7, 11) is 0. The fraction of sp³-hybridized carbons (Fsp3) is 0.417. The molecule has 0 radical (unpaired) electrons. The topological polar surface area (TPSA) is 89.3 Å². The molecule has 0 aliphatic rings. The van der Waals surface area contributed by atoms with Gasteiger partial charge in [-0.15, -0.1) is 0 Å². The first kappa shape index (κ1) is 15.5. The van der Waals surface area contributed by atoms with Crippen molar-refractivity contribution in [3.05, 3.63) is 35.6 Å². The molecule has 5 N–H and O–H groups in total. The number of aliphatic hydroxyl groups excluding tert-OH is 1. The first-order chi connectivity index (χ1) is 8.00. The number of hydrogen-bond donors (Lipinski definition) is 3. The highest BCUT2D eigenvalue weighted by atomic mass is 19.1. The predicted octanol–water partition coefficient (Wildman–Crippen LogP) is 0.568. The van der Waals surface area contributed by atoms with Gasteiger partial charge in [-0.1, -0.05) is 26.0 Å². The SMILES string of the molecule is CC.NC(=O)C(O)C(N)Cc1cccc(F)c1. The van der Waals surface area contributed by atoms with Gasteiger partial charge in [0, 0.05) is 6.04 Å². The molecule has 0 aromatic heterocycles. The van der Waals surface area contributed by atoms with Crippen molar-refractivity contribution >= 4 is 5.91 Å². The van der Waals surface area contributed by atoms with E-state index in [0.717, 1.165) is 0 Å². The van der Waals surface area contributed by atoms with Gasteiger partial charge in [0.1, 0.15) is 11.9 Å². The third kappa shape index (κ3) is 5.42. The average molecular weight is 242 g/mol. The molecule has 0 saturated heterocycles. The van der Waals surface area contributed by atoms with Gasteiger partial charge in [0.05, 0.1) is 0 Å². The standard InChI is InChI=1S/C10H13FN2O2.C2H6/c11-7-3-1-2-6(4-7)5-8(12)9(14)10(13)15;1-2/h1-4,8-9,14H,5,12H2,(H2,13,15);1-2H3. The van der Waals surface area contributed by atoms with E-state index in [1.807, 2.05) is 13.8 Å². The zero-order chi connectivity index (χ0) is 13.4. The molecule has 0 aliphatic heterocycles. The van der Waals surface area contributed by atoms with Crippen LogP contribution in [0.2, 0.25) is 0 Å². The Morgan fingerprint density at radius 2 is 2.06 bits per heavy atom. The third-order valence-electron chi connectivity index (χ3n) is 2.06. The highest BCUT2D eigenvalue weighted by Crippen LogP contribution is 2.07. The summed E-state index contributed by atoms with van der Waals surface area (Å²) in [6.45, 7) is 4.00. The van der Waals surface area contributed by atoms with Crippen molar-refractivity contribution in [2.75, 3.05) is 0 Å². The molecule has 0 heterocycles. The lowest BCUT2D eigenvalue weighted by Crippen LogP contribution is -2.45. The molecule has 2 atom stereocenters. The van der Waals surface area contributed by atoms with Gasteiger partial charge in [-0.2, -0.15) is 0 Å². The van der Waals surface area contributed by atoms with Gasteiger partial charge in [0.25, 0.3) is 0 Å². The lowest BCUT2D eigenvalue weighted by Gasteiger charge is -2.15. The molecule has 1 aromatic rings. The predicted molar refractivity (Wildman–Crippen MR) is 64.6 cm³/mol. The number of carbonyl (C=O) groups excluding carboxylic acids is 1. The maximum atomic E-state index is 12.8. The summed E-state index contributed by atoms with van der Waals surface area (Å²) in [5.41, 5.74) is 11.0. The van der Waals surface area contributed by atoms with Gasteiger partial charge >= 0.3 is 0 Å². The summed E-state index contributed by atoms with van der Waals surface area (Å²) < 4.78 is 12.8. The molecule has 1 amide bonds. The molecule has 0 fully saturated rings. The van der Waals surface area contributed by atoms with Gasteiger partial charge in [-0.25, -0.2) is 4.39 Å². The Morgan fingerprint density at radius 1 is 1.47 bits per heavy atom. The number of rotatable bonds is 4. The molecule has 17 heavy (non-hydrogen) atoms. The number of hydrogen-bond acceptors (Lipinski definition) is 3. The van der Waals surface area contributed by atoms with Crippen molar-refractivity contribution in [2.24, 2.45) is 11.5 Å². The summed E-state index contributed by atoms with van der Waals surface area (Å²) in [6.07, 6.45) is -1.21. The minimum absolute atomic E-state index is 0.196. The van der Waals surface area contributed by atoms with Crippen LogP contribution in [-0.4, -0.2) is 23.2 Å². The molecule has 0 aliphatic carbocycles. The molecule has 0 saturated carbocycles. The van der Waals surface area contributed by atoms with E-state index in [1.54, 1.807) is 6.07 Å². The van der Waals surface area contributed by atoms with Crippen LogP contribution in [0.3, 0.4) is 0 Å². The molecule has 0 bridgehead atoms. The fourth-order valence-corrected chi connectivity index (χ4v) is 1.26. The molecule has 0 spiro atoms. The van der Waals surface area contributed by atoms with E-state index in [4.69, 9.17) is 11.5 Å². The maximum absolute atomic E-state index is 12.8. The number of carbonyl (C=O) groups is 1. The van der Waals surface area contributed by atoms with Gasteiger partial charge in [0.15, 0.2) is 0 Å². The Morgan fingerprint density at radius 3 is 2.53 bits per heavy atom. The van der Waals surface area contributed by atoms with E-state index in [2.05, 4.69) is 0 Å². The van der Waals surface area contributed by atoms with Gasteiger partial charge < -0.3 is 16.6 Å². The Labute approximate surface area is 100 Å². The molecule has 5 heteroatoms. The van der Waals surface area contributed by atoms with Crippen molar-refractivity contribution in [3.8, 4) is 0 Å². The van der Waals surface area contributed by atoms with Crippen molar-refractivity contribution < 1.29 is 14.3 Å². The van der Waals surface area contributed by atoms with Crippen molar-refractivity contribution in [3.63, 3.8) is 0 Å². The van der Waals surface area contributed by atoms with Gasteiger partial charge in [-0.05, 0) is 24.1 Å². The van der Waals surface area contributed by atoms with Crippen LogP contribution >= 0.6 is 0 Å². The number of benzene rings is 1. The molecule has 1 aromatic carbocycles. The summed E-state index contributed by atoms with van der Waals surface area (Å²) in [5.74, 6) is -1.26. The van der Waals surface area contributed by atoms with Crippen LogP contribution in [-0.2, 0) is 11.2 Å². The van der Waals surface area contributed by atoms with E-state index in [-0.39, 0.29) is 12.2 Å². The first-order valence-electron chi connectivity index (χ1n) is 5.48. The third-order valence-corrected chi connectivity index (χ3v) is 2.06. The number of nitrogens with two attached hydrogens (primary N) is 2. The Kier molecular flexibility index (Phi) is 7.09. The van der Waals surface area contributed by atoms with Gasteiger partial charge in [-0.3, -0.25) is 4.79 Å². The summed E-state index contributed by atoms with van der Waals surface area (Å²) in [4.78, 5) is 10.6. The molecule has 2 unspecified atom stereocenters. The number of amides is 1. The highest BCUT2D eigenvalue weighted by Gasteiger charge is 2.20. The summed E-state index contributed by atoms with van der Waals surface area (Å²) in [6, 6.07) is 4.99. The van der Waals surface area contributed by atoms with Crippen LogP contribution < -0.4 is 11.5 Å². The molecule has 4 nitrogen and oxygen atoms in total. The Bertz CT molecular complexity index is 358. The average Bonchev–Trinajstić information content (AvgIpc) is 2.30.